The lowest BCUT2D eigenvalue weighted by Gasteiger charge is -2.24. The molecule has 6 nitrogen and oxygen atoms in total. The van der Waals surface area contributed by atoms with Crippen LogP contribution in [0.4, 0.5) is 5.69 Å². The Morgan fingerprint density at radius 3 is 2.09 bits per heavy atom. The lowest BCUT2D eigenvalue weighted by Crippen LogP contribution is -2.43. The van der Waals surface area contributed by atoms with Crippen LogP contribution in [0, 0.1) is 0 Å². The first-order chi connectivity index (χ1) is 10.5. The van der Waals surface area contributed by atoms with Crippen LogP contribution in [0.2, 0.25) is 6.04 Å². The van der Waals surface area contributed by atoms with E-state index in [1.165, 1.54) is 0 Å². The van der Waals surface area contributed by atoms with Gasteiger partial charge in [-0.25, -0.2) is 0 Å². The van der Waals surface area contributed by atoms with Gasteiger partial charge in [-0.15, -0.1) is 0 Å². The van der Waals surface area contributed by atoms with Gasteiger partial charge < -0.3 is 23.5 Å². The van der Waals surface area contributed by atoms with E-state index in [4.69, 9.17) is 13.3 Å². The van der Waals surface area contributed by atoms with Gasteiger partial charge in [0, 0.05) is 59.3 Å². The minimum Gasteiger partial charge on any atom is -0.378 e. The zero-order valence-electron chi connectivity index (χ0n) is 14.0. The fourth-order valence-electron chi connectivity index (χ4n) is 2.08. The molecular formula is C15H26N2O4Si. The molecule has 0 aromatic heterocycles. The molecule has 0 spiro atoms. The number of carbonyl (C=O) groups is 1. The molecule has 0 saturated carbocycles. The third-order valence-corrected chi connectivity index (χ3v) is 6.36. The summed E-state index contributed by atoms with van der Waals surface area (Å²) in [7, 11) is 6.15. The number of amides is 1. The van der Waals surface area contributed by atoms with Crippen LogP contribution in [0.1, 0.15) is 16.8 Å². The van der Waals surface area contributed by atoms with Crippen LogP contribution in [0.25, 0.3) is 0 Å². The predicted molar refractivity (Wildman–Crippen MR) is 89.3 cm³/mol. The number of anilines is 1. The van der Waals surface area contributed by atoms with Crippen LogP contribution in [0.5, 0.6) is 0 Å². The predicted octanol–water partition coefficient (Wildman–Crippen LogP) is 1.75. The molecule has 0 aliphatic heterocycles. The number of hydrogen-bond acceptors (Lipinski definition) is 5. The van der Waals surface area contributed by atoms with Crippen molar-refractivity contribution in [3.05, 3.63) is 29.8 Å². The Labute approximate surface area is 133 Å². The second kappa shape index (κ2) is 8.89. The summed E-state index contributed by atoms with van der Waals surface area (Å²) in [4.78, 5) is 14.0. The topological polar surface area (TPSA) is 60.0 Å². The minimum absolute atomic E-state index is 0.0789. The van der Waals surface area contributed by atoms with E-state index in [1.807, 2.05) is 43.3 Å². The molecule has 0 heterocycles. The van der Waals surface area contributed by atoms with Gasteiger partial charge in [-0.1, -0.05) is 0 Å². The Balaban J connectivity index is 2.43. The van der Waals surface area contributed by atoms with Crippen LogP contribution < -0.4 is 10.2 Å². The Bertz CT molecular complexity index is 453. The molecule has 0 unspecified atom stereocenters. The maximum Gasteiger partial charge on any atom is 0.500 e. The van der Waals surface area contributed by atoms with E-state index in [2.05, 4.69) is 5.32 Å². The van der Waals surface area contributed by atoms with E-state index in [0.717, 1.165) is 12.1 Å². The van der Waals surface area contributed by atoms with Gasteiger partial charge in [0.15, 0.2) is 0 Å². The summed E-state index contributed by atoms with van der Waals surface area (Å²) in [5, 5.41) is 2.90. The number of nitrogens with zero attached hydrogens (tertiary/aromatic N) is 1. The van der Waals surface area contributed by atoms with Crippen molar-refractivity contribution in [3.8, 4) is 0 Å². The highest BCUT2D eigenvalue weighted by atomic mass is 28.4. The third kappa shape index (κ3) is 5.10. The summed E-state index contributed by atoms with van der Waals surface area (Å²) in [6.45, 7) is 0.555. The molecule has 1 rings (SSSR count). The summed E-state index contributed by atoms with van der Waals surface area (Å²) in [5.41, 5.74) is 1.71. The number of hydrogen-bond donors (Lipinski definition) is 1. The average Bonchev–Trinajstić information content (AvgIpc) is 2.55. The van der Waals surface area contributed by atoms with E-state index in [0.29, 0.717) is 18.2 Å². The van der Waals surface area contributed by atoms with Gasteiger partial charge in [-0.2, -0.15) is 0 Å². The van der Waals surface area contributed by atoms with Crippen LogP contribution in [0.15, 0.2) is 24.3 Å². The largest absolute Gasteiger partial charge is 0.500 e. The van der Waals surface area contributed by atoms with E-state index in [9.17, 15) is 4.79 Å². The lowest BCUT2D eigenvalue weighted by molar-refractivity contribution is 0.0949. The van der Waals surface area contributed by atoms with Gasteiger partial charge in [0.25, 0.3) is 5.91 Å². The molecule has 0 aliphatic rings. The molecule has 1 N–H and O–H groups in total. The second-order valence-corrected chi connectivity index (χ2v) is 8.19. The molecule has 1 aromatic rings. The molecule has 0 bridgehead atoms. The third-order valence-electron chi connectivity index (χ3n) is 3.52. The van der Waals surface area contributed by atoms with E-state index < -0.39 is 8.80 Å². The zero-order valence-corrected chi connectivity index (χ0v) is 15.0. The molecule has 0 aliphatic carbocycles. The maximum absolute atomic E-state index is 12.1. The first-order valence-electron chi connectivity index (χ1n) is 7.19. The van der Waals surface area contributed by atoms with E-state index >= 15 is 0 Å². The molecule has 0 atom stereocenters. The summed E-state index contributed by atoms with van der Waals surface area (Å²) in [6, 6.07) is 8.16. The Morgan fingerprint density at radius 1 is 1.09 bits per heavy atom. The van der Waals surface area contributed by atoms with Crippen LogP contribution in [0.3, 0.4) is 0 Å². The van der Waals surface area contributed by atoms with Gasteiger partial charge >= 0.3 is 8.80 Å². The van der Waals surface area contributed by atoms with E-state index in [-0.39, 0.29) is 5.91 Å². The molecule has 0 radical (unpaired) electrons. The van der Waals surface area contributed by atoms with Crippen molar-refractivity contribution >= 4 is 20.4 Å². The Kier molecular flexibility index (Phi) is 7.53. The van der Waals surface area contributed by atoms with Gasteiger partial charge in [-0.3, -0.25) is 4.79 Å². The molecule has 7 heteroatoms. The number of carbonyl (C=O) groups excluding carboxylic acids is 1. The number of rotatable bonds is 9. The van der Waals surface area contributed by atoms with Crippen molar-refractivity contribution in [1.82, 2.24) is 5.32 Å². The summed E-state index contributed by atoms with van der Waals surface area (Å²) in [6.07, 6.45) is 0.739. The highest BCUT2D eigenvalue weighted by molar-refractivity contribution is 6.60. The molecule has 22 heavy (non-hydrogen) atoms. The summed E-state index contributed by atoms with van der Waals surface area (Å²) >= 11 is 0. The highest BCUT2D eigenvalue weighted by Crippen LogP contribution is 2.15. The van der Waals surface area contributed by atoms with Crippen LogP contribution >= 0.6 is 0 Å². The summed E-state index contributed by atoms with van der Waals surface area (Å²) in [5.74, 6) is -0.0789. The van der Waals surface area contributed by atoms with Crippen molar-refractivity contribution in [2.75, 3.05) is 46.9 Å². The maximum atomic E-state index is 12.1. The van der Waals surface area contributed by atoms with Crippen LogP contribution in [-0.2, 0) is 13.3 Å². The van der Waals surface area contributed by atoms with Crippen molar-refractivity contribution in [2.45, 2.75) is 12.5 Å². The Hall–Kier alpha value is -1.41. The van der Waals surface area contributed by atoms with Crippen molar-refractivity contribution < 1.29 is 18.1 Å². The molecule has 124 valence electrons. The fourth-order valence-corrected chi connectivity index (χ4v) is 3.80. The van der Waals surface area contributed by atoms with Gasteiger partial charge in [0.1, 0.15) is 0 Å². The molecule has 1 amide bonds. The standard InChI is InChI=1S/C15H26N2O4Si/c1-17(2)14-9-7-13(8-10-14)15(18)16-11-6-12-22(19-3,20-4)21-5/h7-10H,6,11-12H2,1-5H3,(H,16,18). The zero-order chi connectivity index (χ0) is 16.6. The SMILES string of the molecule is CO[Si](CCCNC(=O)c1ccc(N(C)C)cc1)(OC)OC. The van der Waals surface area contributed by atoms with Crippen LogP contribution in [-0.4, -0.2) is 56.7 Å². The second-order valence-electron chi connectivity index (χ2n) is 5.10. The van der Waals surface area contributed by atoms with Gasteiger partial charge in [0.05, 0.1) is 0 Å². The van der Waals surface area contributed by atoms with Crippen molar-refractivity contribution in [1.29, 1.82) is 0 Å². The first-order valence-corrected chi connectivity index (χ1v) is 9.12. The van der Waals surface area contributed by atoms with Gasteiger partial charge in [0.2, 0.25) is 0 Å². The normalized spacial score (nSPS) is 11.3. The average molecular weight is 326 g/mol. The highest BCUT2D eigenvalue weighted by Gasteiger charge is 2.36. The monoisotopic (exact) mass is 326 g/mol. The van der Waals surface area contributed by atoms with Crippen molar-refractivity contribution in [3.63, 3.8) is 0 Å². The molecule has 1 aromatic carbocycles. The molecular weight excluding hydrogens is 300 g/mol. The summed E-state index contributed by atoms with van der Waals surface area (Å²) < 4.78 is 16.0. The molecule has 0 fully saturated rings. The Morgan fingerprint density at radius 2 is 1.64 bits per heavy atom. The van der Waals surface area contributed by atoms with E-state index in [1.54, 1.807) is 21.3 Å². The quantitative estimate of drug-likeness (QED) is 0.553. The lowest BCUT2D eigenvalue weighted by atomic mass is 10.2. The minimum atomic E-state index is -2.55. The van der Waals surface area contributed by atoms with Crippen molar-refractivity contribution in [2.24, 2.45) is 0 Å². The number of nitrogens with one attached hydrogen (secondary N) is 1. The smallest absolute Gasteiger partial charge is 0.378 e. The van der Waals surface area contributed by atoms with Gasteiger partial charge in [-0.05, 0) is 30.7 Å². The first kappa shape index (κ1) is 18.6. The molecule has 0 saturated heterocycles. The fraction of sp³-hybridized carbons (Fsp3) is 0.533. The number of benzene rings is 1.